The molecule has 0 unspecified atom stereocenters. The molecule has 6 rings (SSSR count). The number of hydrogen-bond acceptors (Lipinski definition) is 14. The van der Waals surface area contributed by atoms with Crippen LogP contribution in [-0.4, -0.2) is 74.2 Å². The molecule has 4 aromatic carbocycles. The SMILES string of the molecule is CC(=O)Nc1cccc2c1/C(=N/Nc1cc(S(N)(=O)=O)ccc1O)C(=O)C=C2.CN(C(=O)O)c1cccc2c1/C(=N/Nc1cc(S(N)(=O)=O)ccc1O)C(=O)C=C2.[Cr].[H+]. The zero-order chi connectivity index (χ0) is 41.8. The number of carboxylic acid groups (broad SMARTS) is 1. The van der Waals surface area contributed by atoms with Gasteiger partial charge in [-0.05, 0) is 71.8 Å². The standard InChI is InChI=1S/C18H16N4O6S.C18H16N4O5S.Cr/c1-22(18(25)26)13-4-2-3-10-5-7-15(24)17(16(10)13)21-20-12-9-11(29(19,27)28)6-8-14(12)23;1-10(23)20-13-4-2-3-11-5-7-16(25)18(17(11)13)22-21-14-9-12(28(19,26)27)6-8-15(14)24;/h2-9,20,23H,1H3,(H,25,26)(H2,19,27,28);2-9,21,24H,1H3,(H,20,23)(H2,19,26,27);/p+1/b21-17+;22-18+;. The van der Waals surface area contributed by atoms with Gasteiger partial charge in [0.2, 0.25) is 37.5 Å². The van der Waals surface area contributed by atoms with E-state index in [-0.39, 0.29) is 80.0 Å². The number of fused-ring (bicyclic) bond motifs is 2. The minimum absolute atomic E-state index is 0. The number of rotatable bonds is 8. The van der Waals surface area contributed by atoms with Crippen LogP contribution >= 0.6 is 0 Å². The number of carbonyl (C=O) groups is 4. The topological polar surface area (TPSA) is 313 Å². The number of nitrogens with two attached hydrogens (primary N) is 2. The molecular formula is C36H33CrN8O11S2+. The molecule has 10 N–H and O–H groups in total. The van der Waals surface area contributed by atoms with Crippen molar-refractivity contribution in [2.45, 2.75) is 16.7 Å². The summed E-state index contributed by atoms with van der Waals surface area (Å²) in [5.41, 5.74) is 7.22. The summed E-state index contributed by atoms with van der Waals surface area (Å²) in [5.74, 6) is -1.86. The van der Waals surface area contributed by atoms with Crippen LogP contribution in [-0.2, 0) is 51.8 Å². The number of primary sulfonamides is 2. The fourth-order valence-corrected chi connectivity index (χ4v) is 6.44. The molecule has 300 valence electrons. The maximum absolute atomic E-state index is 12.4. The van der Waals surface area contributed by atoms with Gasteiger partial charge in [-0.15, -0.1) is 0 Å². The van der Waals surface area contributed by atoms with E-state index in [9.17, 15) is 51.3 Å². The molecule has 0 fully saturated rings. The zero-order valence-electron chi connectivity index (χ0n) is 31.1. The largest absolute Gasteiger partial charge is 1.00 e. The van der Waals surface area contributed by atoms with Crippen molar-refractivity contribution < 1.29 is 70.1 Å². The van der Waals surface area contributed by atoms with Crippen molar-refractivity contribution in [1.29, 1.82) is 0 Å². The molecule has 0 bridgehead atoms. The summed E-state index contributed by atoms with van der Waals surface area (Å²) in [7, 11) is -6.69. The monoisotopic (exact) mass is 869 g/mol. The van der Waals surface area contributed by atoms with E-state index in [1.807, 2.05) is 0 Å². The Bertz CT molecular complexity index is 2720. The van der Waals surface area contributed by atoms with Crippen LogP contribution in [0.1, 0.15) is 30.6 Å². The molecule has 2 aliphatic rings. The molecular weight excluding hydrogens is 837 g/mol. The number of aromatic hydroxyl groups is 2. The Morgan fingerprint density at radius 2 is 1.14 bits per heavy atom. The van der Waals surface area contributed by atoms with E-state index in [4.69, 9.17) is 10.3 Å². The van der Waals surface area contributed by atoms with Crippen molar-refractivity contribution in [2.75, 3.05) is 28.1 Å². The molecule has 0 aliphatic heterocycles. The van der Waals surface area contributed by atoms with Crippen LogP contribution in [0.2, 0.25) is 0 Å². The molecule has 0 radical (unpaired) electrons. The van der Waals surface area contributed by atoms with Crippen molar-refractivity contribution in [2.24, 2.45) is 20.5 Å². The van der Waals surface area contributed by atoms with Gasteiger partial charge in [-0.3, -0.25) is 30.1 Å². The van der Waals surface area contributed by atoms with Crippen LogP contribution in [0.5, 0.6) is 11.5 Å². The Morgan fingerprint density at radius 1 is 0.690 bits per heavy atom. The Balaban J connectivity index is 0.000000305. The maximum atomic E-state index is 12.4. The van der Waals surface area contributed by atoms with Crippen molar-refractivity contribution in [1.82, 2.24) is 0 Å². The molecule has 0 saturated carbocycles. The first-order chi connectivity index (χ1) is 26.8. The third kappa shape index (κ3) is 10.0. The first-order valence-electron chi connectivity index (χ1n) is 16.1. The fraction of sp³-hybridized carbons (Fsp3) is 0.0556. The molecule has 0 atom stereocenters. The number of carbonyl (C=O) groups excluding carboxylic acids is 3. The summed E-state index contributed by atoms with van der Waals surface area (Å²) >= 11 is 0. The summed E-state index contributed by atoms with van der Waals surface area (Å²) in [6, 6.07) is 16.6. The van der Waals surface area contributed by atoms with E-state index in [2.05, 4.69) is 26.4 Å². The van der Waals surface area contributed by atoms with Crippen LogP contribution < -0.4 is 31.3 Å². The second-order valence-electron chi connectivity index (χ2n) is 12.0. The van der Waals surface area contributed by atoms with Gasteiger partial charge in [-0.2, -0.15) is 10.2 Å². The number of allylic oxidation sites excluding steroid dienone is 2. The predicted molar refractivity (Wildman–Crippen MR) is 212 cm³/mol. The first kappa shape index (κ1) is 44.1. The Labute approximate surface area is 342 Å². The number of nitrogens with one attached hydrogen (secondary N) is 3. The number of benzene rings is 4. The third-order valence-electron chi connectivity index (χ3n) is 8.07. The van der Waals surface area contributed by atoms with Gasteiger partial charge in [0.15, 0.2) is 0 Å². The number of sulfonamides is 2. The Hall–Kier alpha value is -6.67. The molecule has 2 amide bonds. The van der Waals surface area contributed by atoms with Crippen molar-refractivity contribution >= 4 is 89.9 Å². The number of anilines is 4. The van der Waals surface area contributed by atoms with E-state index in [1.165, 1.54) is 38.3 Å². The number of ketones is 2. The molecule has 0 aromatic heterocycles. The average Bonchev–Trinajstić information content (AvgIpc) is 3.14. The molecule has 0 spiro atoms. The van der Waals surface area contributed by atoms with Gasteiger partial charge in [0.25, 0.3) is 0 Å². The van der Waals surface area contributed by atoms with Crippen molar-refractivity contribution in [3.05, 3.63) is 107 Å². The summed E-state index contributed by atoms with van der Waals surface area (Å²) < 4.78 is 46.0. The van der Waals surface area contributed by atoms with Crippen LogP contribution in [0.3, 0.4) is 0 Å². The minimum atomic E-state index is -4.02. The van der Waals surface area contributed by atoms with Gasteiger partial charge in [-0.1, -0.05) is 36.4 Å². The van der Waals surface area contributed by atoms with Crippen LogP contribution in [0.15, 0.2) is 105 Å². The summed E-state index contributed by atoms with van der Waals surface area (Å²) in [6.45, 7) is 1.34. The Morgan fingerprint density at radius 3 is 1.59 bits per heavy atom. The second kappa shape index (κ2) is 17.6. The number of hydrazone groups is 2. The predicted octanol–water partition coefficient (Wildman–Crippen LogP) is 3.09. The minimum Gasteiger partial charge on any atom is -0.506 e. The van der Waals surface area contributed by atoms with Gasteiger partial charge in [0, 0.05) is 42.5 Å². The average molecular weight is 870 g/mol. The van der Waals surface area contributed by atoms with Gasteiger partial charge in [-0.25, -0.2) is 31.9 Å². The van der Waals surface area contributed by atoms with Crippen molar-refractivity contribution in [3.8, 4) is 11.5 Å². The number of phenols is 2. The fourth-order valence-electron chi connectivity index (χ4n) is 5.36. The quantitative estimate of drug-likeness (QED) is 0.0934. The van der Waals surface area contributed by atoms with E-state index in [0.29, 0.717) is 22.4 Å². The van der Waals surface area contributed by atoms with Crippen LogP contribution in [0, 0.1) is 0 Å². The molecule has 22 heteroatoms. The first-order valence-corrected chi connectivity index (χ1v) is 19.2. The molecule has 4 aromatic rings. The molecule has 2 aliphatic carbocycles. The number of phenolic OH excluding ortho intramolecular Hbond substituents is 2. The molecule has 58 heavy (non-hydrogen) atoms. The molecule has 19 nitrogen and oxygen atoms in total. The Kier molecular flexibility index (Phi) is 13.4. The number of hydrogen-bond donors (Lipinski definition) is 8. The number of amides is 2. The maximum Gasteiger partial charge on any atom is 1.00 e. The van der Waals surface area contributed by atoms with E-state index in [1.54, 1.807) is 36.4 Å². The van der Waals surface area contributed by atoms with Gasteiger partial charge >= 0.3 is 7.52 Å². The van der Waals surface area contributed by atoms with Gasteiger partial charge in [0.1, 0.15) is 22.9 Å². The third-order valence-corrected chi connectivity index (χ3v) is 9.89. The van der Waals surface area contributed by atoms with Gasteiger partial charge in [0.05, 0.1) is 32.5 Å². The van der Waals surface area contributed by atoms with Crippen LogP contribution in [0.4, 0.5) is 27.5 Å². The van der Waals surface area contributed by atoms with E-state index in [0.717, 1.165) is 41.3 Å². The van der Waals surface area contributed by atoms with Crippen LogP contribution in [0.25, 0.3) is 12.2 Å². The summed E-state index contributed by atoms with van der Waals surface area (Å²) in [4.78, 5) is 48.1. The smallest absolute Gasteiger partial charge is 0.506 e. The van der Waals surface area contributed by atoms with E-state index < -0.39 is 37.7 Å². The molecule has 0 heterocycles. The zero-order valence-corrected chi connectivity index (χ0v) is 33.0. The molecule has 0 saturated heterocycles. The number of nitrogens with zero attached hydrogens (tertiary/aromatic N) is 3. The van der Waals surface area contributed by atoms with Crippen molar-refractivity contribution in [3.63, 3.8) is 0 Å². The second-order valence-corrected chi connectivity index (χ2v) is 15.1. The summed E-state index contributed by atoms with van der Waals surface area (Å²) in [5, 5.41) is 50.1. The van der Waals surface area contributed by atoms with E-state index >= 15 is 0 Å². The summed E-state index contributed by atoms with van der Waals surface area (Å²) in [6.07, 6.45) is 4.50. The normalized spacial score (nSPS) is 14.3. The van der Waals surface area contributed by atoms with Gasteiger partial charge < -0.3 is 20.6 Å².